The molecule has 0 bridgehead atoms. The molecule has 5 nitrogen and oxygen atoms in total. The van der Waals surface area contributed by atoms with Gasteiger partial charge in [0.05, 0.1) is 28.3 Å². The van der Waals surface area contributed by atoms with E-state index in [1.54, 1.807) is 6.07 Å². The van der Waals surface area contributed by atoms with Gasteiger partial charge in [-0.3, -0.25) is 4.79 Å². The number of carbonyl (C=O) groups excluding carboxylic acids is 2. The molecule has 0 saturated carbocycles. The zero-order valence-corrected chi connectivity index (χ0v) is 13.0. The minimum absolute atomic E-state index is 0.305. The number of rotatable bonds is 3. The standard InChI is InChI=1S/C14H13ClN2O3S/c1-7-10(16)6-12(21-7)13(18)17-11-5-8(14(19)20-2)3-4-9(11)15/h3-6H,16H2,1-2H3,(H,17,18). The maximum absolute atomic E-state index is 12.2. The molecule has 0 aliphatic rings. The quantitative estimate of drug-likeness (QED) is 0.848. The highest BCUT2D eigenvalue weighted by molar-refractivity contribution is 7.14. The predicted octanol–water partition coefficient (Wildman–Crippen LogP) is 3.33. The van der Waals surface area contributed by atoms with Crippen LogP contribution in [0.2, 0.25) is 5.02 Å². The van der Waals surface area contributed by atoms with Crippen LogP contribution in [-0.2, 0) is 4.74 Å². The van der Waals surface area contributed by atoms with Crippen LogP contribution in [0.25, 0.3) is 0 Å². The highest BCUT2D eigenvalue weighted by Crippen LogP contribution is 2.27. The van der Waals surface area contributed by atoms with Gasteiger partial charge in [0, 0.05) is 10.6 Å². The van der Waals surface area contributed by atoms with Crippen molar-refractivity contribution in [3.63, 3.8) is 0 Å². The molecule has 1 aromatic heterocycles. The summed E-state index contributed by atoms with van der Waals surface area (Å²) >= 11 is 7.31. The molecule has 0 fully saturated rings. The molecule has 0 spiro atoms. The highest BCUT2D eigenvalue weighted by atomic mass is 35.5. The molecule has 110 valence electrons. The van der Waals surface area contributed by atoms with E-state index in [9.17, 15) is 9.59 Å². The Morgan fingerprint density at radius 2 is 2.05 bits per heavy atom. The smallest absolute Gasteiger partial charge is 0.337 e. The van der Waals surface area contributed by atoms with E-state index in [4.69, 9.17) is 17.3 Å². The maximum atomic E-state index is 12.2. The summed E-state index contributed by atoms with van der Waals surface area (Å²) in [6.45, 7) is 1.83. The Balaban J connectivity index is 2.26. The van der Waals surface area contributed by atoms with Gasteiger partial charge in [-0.05, 0) is 31.2 Å². The third kappa shape index (κ3) is 3.34. The largest absolute Gasteiger partial charge is 0.465 e. The third-order valence-electron chi connectivity index (χ3n) is 2.82. The van der Waals surface area contributed by atoms with Gasteiger partial charge >= 0.3 is 5.97 Å². The van der Waals surface area contributed by atoms with E-state index in [1.165, 1.54) is 36.6 Å². The van der Waals surface area contributed by atoms with Crippen LogP contribution in [0.5, 0.6) is 0 Å². The summed E-state index contributed by atoms with van der Waals surface area (Å²) in [6, 6.07) is 6.12. The lowest BCUT2D eigenvalue weighted by atomic mass is 10.2. The molecule has 2 rings (SSSR count). The Morgan fingerprint density at radius 1 is 1.33 bits per heavy atom. The van der Waals surface area contributed by atoms with E-state index >= 15 is 0 Å². The summed E-state index contributed by atoms with van der Waals surface area (Å²) in [5.41, 5.74) is 6.94. The van der Waals surface area contributed by atoms with Crippen molar-refractivity contribution in [2.75, 3.05) is 18.2 Å². The molecular formula is C14H13ClN2O3S. The number of nitrogens with two attached hydrogens (primary N) is 1. The molecule has 0 unspecified atom stereocenters. The van der Waals surface area contributed by atoms with Gasteiger partial charge in [-0.1, -0.05) is 11.6 Å². The van der Waals surface area contributed by atoms with Gasteiger partial charge in [-0.25, -0.2) is 4.79 Å². The number of anilines is 2. The first-order chi connectivity index (χ1) is 9.92. The summed E-state index contributed by atoms with van der Waals surface area (Å²) in [7, 11) is 1.28. The number of carbonyl (C=O) groups is 2. The summed E-state index contributed by atoms with van der Waals surface area (Å²) in [4.78, 5) is 25.0. The fourth-order valence-corrected chi connectivity index (χ4v) is 2.66. The van der Waals surface area contributed by atoms with Gasteiger partial charge in [-0.2, -0.15) is 0 Å². The minimum atomic E-state index is -0.502. The zero-order valence-electron chi connectivity index (χ0n) is 11.4. The van der Waals surface area contributed by atoms with Crippen molar-refractivity contribution in [1.29, 1.82) is 0 Å². The third-order valence-corrected chi connectivity index (χ3v) is 4.21. The molecule has 7 heteroatoms. The van der Waals surface area contributed by atoms with Crippen molar-refractivity contribution >= 4 is 46.2 Å². The molecule has 0 aliphatic heterocycles. The number of ether oxygens (including phenoxy) is 1. The van der Waals surface area contributed by atoms with Gasteiger partial charge in [0.25, 0.3) is 5.91 Å². The number of aryl methyl sites for hydroxylation is 1. The average Bonchev–Trinajstić information content (AvgIpc) is 2.80. The van der Waals surface area contributed by atoms with Crippen molar-refractivity contribution in [3.8, 4) is 0 Å². The first kappa shape index (κ1) is 15.3. The second-order valence-electron chi connectivity index (χ2n) is 4.26. The fourth-order valence-electron chi connectivity index (χ4n) is 1.66. The molecular weight excluding hydrogens is 312 g/mol. The van der Waals surface area contributed by atoms with Gasteiger partial charge in [0.15, 0.2) is 0 Å². The molecule has 0 aliphatic carbocycles. The molecule has 0 saturated heterocycles. The maximum Gasteiger partial charge on any atom is 0.337 e. The zero-order chi connectivity index (χ0) is 15.6. The monoisotopic (exact) mass is 324 g/mol. The van der Waals surface area contributed by atoms with Crippen molar-refractivity contribution in [2.24, 2.45) is 0 Å². The van der Waals surface area contributed by atoms with Crippen molar-refractivity contribution < 1.29 is 14.3 Å². The summed E-state index contributed by atoms with van der Waals surface area (Å²) in [6.07, 6.45) is 0. The number of esters is 1. The van der Waals surface area contributed by atoms with Crippen LogP contribution in [0.3, 0.4) is 0 Å². The van der Waals surface area contributed by atoms with E-state index in [0.29, 0.717) is 26.8 Å². The van der Waals surface area contributed by atoms with E-state index < -0.39 is 5.97 Å². The second-order valence-corrected chi connectivity index (χ2v) is 5.93. The van der Waals surface area contributed by atoms with E-state index in [-0.39, 0.29) is 5.91 Å². The molecule has 0 radical (unpaired) electrons. The van der Waals surface area contributed by atoms with Gasteiger partial charge in [0.2, 0.25) is 0 Å². The van der Waals surface area contributed by atoms with Crippen LogP contribution in [-0.4, -0.2) is 19.0 Å². The van der Waals surface area contributed by atoms with Gasteiger partial charge in [0.1, 0.15) is 0 Å². The number of hydrogen-bond donors (Lipinski definition) is 2. The van der Waals surface area contributed by atoms with Crippen molar-refractivity contribution in [2.45, 2.75) is 6.92 Å². The van der Waals surface area contributed by atoms with Crippen LogP contribution in [0.4, 0.5) is 11.4 Å². The summed E-state index contributed by atoms with van der Waals surface area (Å²) in [5.74, 6) is -0.831. The lowest BCUT2D eigenvalue weighted by molar-refractivity contribution is 0.0600. The number of thiophene rings is 1. The first-order valence-corrected chi connectivity index (χ1v) is 7.17. The van der Waals surface area contributed by atoms with E-state index in [1.807, 2.05) is 6.92 Å². The number of halogens is 1. The van der Waals surface area contributed by atoms with Gasteiger partial charge in [-0.15, -0.1) is 11.3 Å². The average molecular weight is 325 g/mol. The normalized spacial score (nSPS) is 10.2. The molecule has 2 aromatic rings. The number of benzene rings is 1. The molecule has 1 amide bonds. The van der Waals surface area contributed by atoms with Crippen LogP contribution >= 0.6 is 22.9 Å². The number of hydrogen-bond acceptors (Lipinski definition) is 5. The first-order valence-electron chi connectivity index (χ1n) is 5.97. The molecule has 3 N–H and O–H groups in total. The minimum Gasteiger partial charge on any atom is -0.465 e. The molecule has 1 aromatic carbocycles. The van der Waals surface area contributed by atoms with Crippen LogP contribution in [0.1, 0.15) is 24.9 Å². The fraction of sp³-hybridized carbons (Fsp3) is 0.143. The van der Waals surface area contributed by atoms with Crippen molar-refractivity contribution in [3.05, 3.63) is 44.6 Å². The number of amides is 1. The highest BCUT2D eigenvalue weighted by Gasteiger charge is 2.14. The Labute approximate surface area is 130 Å². The van der Waals surface area contributed by atoms with E-state index in [2.05, 4.69) is 10.1 Å². The van der Waals surface area contributed by atoms with Crippen LogP contribution in [0, 0.1) is 6.92 Å². The molecule has 1 heterocycles. The lowest BCUT2D eigenvalue weighted by Gasteiger charge is -2.08. The Kier molecular flexibility index (Phi) is 4.50. The topological polar surface area (TPSA) is 81.4 Å². The van der Waals surface area contributed by atoms with Crippen LogP contribution in [0.15, 0.2) is 24.3 Å². The summed E-state index contributed by atoms with van der Waals surface area (Å²) in [5, 5.41) is 2.99. The SMILES string of the molecule is COC(=O)c1ccc(Cl)c(NC(=O)c2cc(N)c(C)s2)c1. The number of nitrogens with one attached hydrogen (secondary N) is 1. The molecule has 21 heavy (non-hydrogen) atoms. The Bertz CT molecular complexity index is 693. The van der Waals surface area contributed by atoms with Crippen molar-refractivity contribution in [1.82, 2.24) is 0 Å². The Hall–Kier alpha value is -2.05. The number of nitrogen functional groups attached to an aromatic ring is 1. The number of methoxy groups -OCH3 is 1. The van der Waals surface area contributed by atoms with E-state index in [0.717, 1.165) is 4.88 Å². The molecule has 0 atom stereocenters. The van der Waals surface area contributed by atoms with Gasteiger partial charge < -0.3 is 15.8 Å². The lowest BCUT2D eigenvalue weighted by Crippen LogP contribution is -2.11. The summed E-state index contributed by atoms with van der Waals surface area (Å²) < 4.78 is 4.63. The van der Waals surface area contributed by atoms with Crippen LogP contribution < -0.4 is 11.1 Å². The second kappa shape index (κ2) is 6.15. The Morgan fingerprint density at radius 3 is 2.62 bits per heavy atom. The predicted molar refractivity (Wildman–Crippen MR) is 84.2 cm³/mol.